The number of ether oxygens (including phenoxy) is 1. The van der Waals surface area contributed by atoms with E-state index in [0.717, 1.165) is 0 Å². The Hall–Kier alpha value is -1.11. The molecule has 16 heavy (non-hydrogen) atoms. The molecule has 2 heterocycles. The largest absolute Gasteiger partial charge is 0.490 e. The van der Waals surface area contributed by atoms with Gasteiger partial charge in [-0.3, -0.25) is 0 Å². The van der Waals surface area contributed by atoms with Crippen molar-refractivity contribution >= 4 is 17.4 Å². The molecule has 1 saturated heterocycles. The van der Waals surface area contributed by atoms with Crippen LogP contribution in [-0.4, -0.2) is 52.6 Å². The average Bonchev–Trinajstić information content (AvgIpc) is 2.59. The molecule has 0 spiro atoms. The zero-order chi connectivity index (χ0) is 11.7. The Kier molecular flexibility index (Phi) is 3.13. The maximum absolute atomic E-state index is 9.45. The van der Waals surface area contributed by atoms with Crippen molar-refractivity contribution in [3.8, 4) is 5.75 Å². The van der Waals surface area contributed by atoms with Crippen molar-refractivity contribution in [2.24, 2.45) is 0 Å². The Labute approximate surface area is 97.5 Å². The fraction of sp³-hybridized carbons (Fsp3) is 0.556. The third-order valence-corrected chi connectivity index (χ3v) is 2.77. The number of aromatic nitrogens is 2. The lowest BCUT2D eigenvalue weighted by atomic mass is 10.3. The van der Waals surface area contributed by atoms with E-state index in [1.165, 1.54) is 13.4 Å². The van der Waals surface area contributed by atoms with Gasteiger partial charge in [0, 0.05) is 13.1 Å². The van der Waals surface area contributed by atoms with Gasteiger partial charge in [0.1, 0.15) is 6.33 Å². The van der Waals surface area contributed by atoms with Gasteiger partial charge in [-0.2, -0.15) is 0 Å². The second kappa shape index (κ2) is 4.40. The SMILES string of the molecule is COc1c(Cl)ncnc1N1CC(O)C(O)C1. The average molecular weight is 246 g/mol. The van der Waals surface area contributed by atoms with E-state index >= 15 is 0 Å². The minimum absolute atomic E-state index is 0.211. The molecular weight excluding hydrogens is 234 g/mol. The van der Waals surface area contributed by atoms with Crippen LogP contribution in [0.5, 0.6) is 5.75 Å². The van der Waals surface area contributed by atoms with Crippen molar-refractivity contribution in [1.29, 1.82) is 0 Å². The molecule has 88 valence electrons. The second-order valence-electron chi connectivity index (χ2n) is 3.56. The number of aliphatic hydroxyl groups excluding tert-OH is 2. The molecule has 0 amide bonds. The highest BCUT2D eigenvalue weighted by Gasteiger charge is 2.32. The van der Waals surface area contributed by atoms with Crippen LogP contribution in [0.15, 0.2) is 6.33 Å². The van der Waals surface area contributed by atoms with Crippen LogP contribution >= 0.6 is 11.6 Å². The monoisotopic (exact) mass is 245 g/mol. The van der Waals surface area contributed by atoms with E-state index in [1.54, 1.807) is 4.90 Å². The first-order valence-corrected chi connectivity index (χ1v) is 5.17. The van der Waals surface area contributed by atoms with E-state index in [2.05, 4.69) is 9.97 Å². The fourth-order valence-corrected chi connectivity index (χ4v) is 1.89. The zero-order valence-corrected chi connectivity index (χ0v) is 9.42. The van der Waals surface area contributed by atoms with Gasteiger partial charge >= 0.3 is 0 Å². The van der Waals surface area contributed by atoms with Gasteiger partial charge in [0.25, 0.3) is 0 Å². The molecular formula is C9H12ClN3O3. The molecule has 0 bridgehead atoms. The molecule has 1 aliphatic heterocycles. The van der Waals surface area contributed by atoms with Gasteiger partial charge in [-0.05, 0) is 0 Å². The summed E-state index contributed by atoms with van der Waals surface area (Å²) in [5, 5.41) is 19.1. The highest BCUT2D eigenvalue weighted by Crippen LogP contribution is 2.33. The summed E-state index contributed by atoms with van der Waals surface area (Å²) in [7, 11) is 1.47. The van der Waals surface area contributed by atoms with Crippen molar-refractivity contribution in [3.05, 3.63) is 11.5 Å². The molecule has 2 atom stereocenters. The molecule has 1 fully saturated rings. The van der Waals surface area contributed by atoms with Gasteiger partial charge in [-0.25, -0.2) is 9.97 Å². The lowest BCUT2D eigenvalue weighted by Crippen LogP contribution is -2.23. The molecule has 6 nitrogen and oxygen atoms in total. The van der Waals surface area contributed by atoms with Crippen molar-refractivity contribution in [1.82, 2.24) is 9.97 Å². The lowest BCUT2D eigenvalue weighted by molar-refractivity contribution is 0.0572. The number of anilines is 1. The maximum Gasteiger partial charge on any atom is 0.199 e. The summed E-state index contributed by atoms with van der Waals surface area (Å²) in [6.07, 6.45) is -0.242. The van der Waals surface area contributed by atoms with Crippen LogP contribution in [0.4, 0.5) is 5.82 Å². The summed E-state index contributed by atoms with van der Waals surface area (Å²) in [6.45, 7) is 0.593. The van der Waals surface area contributed by atoms with Crippen molar-refractivity contribution < 1.29 is 14.9 Å². The third kappa shape index (κ3) is 1.91. The molecule has 1 aromatic heterocycles. The number of hydrogen-bond acceptors (Lipinski definition) is 6. The van der Waals surface area contributed by atoms with Crippen LogP contribution in [0.3, 0.4) is 0 Å². The fourth-order valence-electron chi connectivity index (χ4n) is 1.69. The lowest BCUT2D eigenvalue weighted by Gasteiger charge is -2.18. The molecule has 1 aliphatic rings. The smallest absolute Gasteiger partial charge is 0.199 e. The van der Waals surface area contributed by atoms with E-state index < -0.39 is 12.2 Å². The number of hydrogen-bond donors (Lipinski definition) is 2. The highest BCUT2D eigenvalue weighted by atomic mass is 35.5. The van der Waals surface area contributed by atoms with Gasteiger partial charge in [0.2, 0.25) is 0 Å². The van der Waals surface area contributed by atoms with Gasteiger partial charge in [0.05, 0.1) is 19.3 Å². The highest BCUT2D eigenvalue weighted by molar-refractivity contribution is 6.31. The van der Waals surface area contributed by atoms with E-state index in [1.807, 2.05) is 0 Å². The molecule has 2 unspecified atom stereocenters. The van der Waals surface area contributed by atoms with Gasteiger partial charge in [-0.15, -0.1) is 0 Å². The second-order valence-corrected chi connectivity index (χ2v) is 3.92. The van der Waals surface area contributed by atoms with Gasteiger partial charge in [-0.1, -0.05) is 11.6 Å². The molecule has 7 heteroatoms. The van der Waals surface area contributed by atoms with Crippen LogP contribution in [-0.2, 0) is 0 Å². The third-order valence-electron chi connectivity index (χ3n) is 2.50. The van der Waals surface area contributed by atoms with Crippen LogP contribution < -0.4 is 9.64 Å². The summed E-state index contributed by atoms with van der Waals surface area (Å²) in [5.74, 6) is 0.837. The van der Waals surface area contributed by atoms with E-state index in [4.69, 9.17) is 16.3 Å². The number of β-amino-alcohol motifs (C(OH)–C–C–N with tert-alkyl or cyclic N) is 2. The van der Waals surface area contributed by atoms with Crippen LogP contribution in [0.2, 0.25) is 5.15 Å². The Morgan fingerprint density at radius 3 is 2.56 bits per heavy atom. The van der Waals surface area contributed by atoms with Crippen LogP contribution in [0.1, 0.15) is 0 Å². The zero-order valence-electron chi connectivity index (χ0n) is 8.67. The molecule has 1 aromatic rings. The van der Waals surface area contributed by atoms with Crippen LogP contribution in [0, 0.1) is 0 Å². The first kappa shape index (κ1) is 11.4. The minimum atomic E-state index is -0.779. The number of halogens is 1. The summed E-state index contributed by atoms with van der Waals surface area (Å²) in [4.78, 5) is 9.55. The van der Waals surface area contributed by atoms with E-state index in [0.29, 0.717) is 24.7 Å². The predicted octanol–water partition coefficient (Wildman–Crippen LogP) is -0.320. The number of nitrogens with zero attached hydrogens (tertiary/aromatic N) is 3. The number of rotatable bonds is 2. The maximum atomic E-state index is 9.45. The molecule has 0 saturated carbocycles. The Balaban J connectivity index is 2.31. The van der Waals surface area contributed by atoms with Crippen molar-refractivity contribution in [2.75, 3.05) is 25.1 Å². The topological polar surface area (TPSA) is 78.7 Å². The first-order valence-electron chi connectivity index (χ1n) is 4.79. The summed E-state index contributed by atoms with van der Waals surface area (Å²) in [5.41, 5.74) is 0. The quantitative estimate of drug-likeness (QED) is 0.696. The summed E-state index contributed by atoms with van der Waals surface area (Å²) < 4.78 is 5.10. The molecule has 2 N–H and O–H groups in total. The number of methoxy groups -OCH3 is 1. The normalized spacial score (nSPS) is 24.9. The predicted molar refractivity (Wildman–Crippen MR) is 57.8 cm³/mol. The minimum Gasteiger partial charge on any atom is -0.490 e. The standard InChI is InChI=1S/C9H12ClN3O3/c1-16-7-8(10)11-4-12-9(7)13-2-5(14)6(15)3-13/h4-6,14-15H,2-3H2,1H3. The van der Waals surface area contributed by atoms with Gasteiger partial charge < -0.3 is 19.8 Å². The Morgan fingerprint density at radius 1 is 1.38 bits per heavy atom. The first-order chi connectivity index (χ1) is 7.63. The molecule has 0 aromatic carbocycles. The number of aliphatic hydroxyl groups is 2. The van der Waals surface area contributed by atoms with E-state index in [-0.39, 0.29) is 5.15 Å². The molecule has 0 radical (unpaired) electrons. The van der Waals surface area contributed by atoms with E-state index in [9.17, 15) is 10.2 Å². The van der Waals surface area contributed by atoms with Crippen molar-refractivity contribution in [2.45, 2.75) is 12.2 Å². The van der Waals surface area contributed by atoms with Crippen LogP contribution in [0.25, 0.3) is 0 Å². The van der Waals surface area contributed by atoms with Crippen molar-refractivity contribution in [3.63, 3.8) is 0 Å². The summed E-state index contributed by atoms with van der Waals surface area (Å²) >= 11 is 5.85. The molecule has 0 aliphatic carbocycles. The van der Waals surface area contributed by atoms with Gasteiger partial charge in [0.15, 0.2) is 16.7 Å². The summed E-state index contributed by atoms with van der Waals surface area (Å²) in [6, 6.07) is 0. The Morgan fingerprint density at radius 2 is 2.00 bits per heavy atom. The Bertz CT molecular complexity index is 380. The molecule has 2 rings (SSSR count).